The molecule has 2 rings (SSSR count). The maximum absolute atomic E-state index is 12.8. The number of rotatable bonds is 5. The Morgan fingerprint density at radius 1 is 1.21 bits per heavy atom. The van der Waals surface area contributed by atoms with Gasteiger partial charge in [-0.25, -0.2) is 9.37 Å². The molecular weight excluding hydrogens is 261 g/mol. The molecule has 19 heavy (non-hydrogen) atoms. The zero-order chi connectivity index (χ0) is 13.8. The highest BCUT2D eigenvalue weighted by molar-refractivity contribution is 7.09. The summed E-state index contributed by atoms with van der Waals surface area (Å²) >= 11 is 1.37. The van der Waals surface area contributed by atoms with E-state index in [1.165, 1.54) is 23.7 Å². The number of nitrogens with zero attached hydrogens (tertiary/aromatic N) is 2. The molecule has 0 saturated heterocycles. The average molecular weight is 279 g/mol. The SMILES string of the molecule is CC(C)[C@@H](C)Nc1nc(Cc2ccc(F)cc2)ns1. The Morgan fingerprint density at radius 3 is 2.53 bits per heavy atom. The van der Waals surface area contributed by atoms with E-state index in [4.69, 9.17) is 0 Å². The third-order valence-corrected chi connectivity index (χ3v) is 3.78. The van der Waals surface area contributed by atoms with Crippen LogP contribution in [0.5, 0.6) is 0 Å². The Labute approximate surface area is 117 Å². The Kier molecular flexibility index (Phi) is 4.47. The molecule has 0 aliphatic rings. The van der Waals surface area contributed by atoms with Gasteiger partial charge in [-0.05, 0) is 30.5 Å². The Morgan fingerprint density at radius 2 is 1.89 bits per heavy atom. The fourth-order valence-corrected chi connectivity index (χ4v) is 2.21. The van der Waals surface area contributed by atoms with Gasteiger partial charge in [0.15, 0.2) is 0 Å². The van der Waals surface area contributed by atoms with Crippen molar-refractivity contribution in [3.8, 4) is 0 Å². The normalized spacial score (nSPS) is 12.7. The minimum Gasteiger partial charge on any atom is -0.358 e. The molecule has 1 atom stereocenters. The molecule has 3 nitrogen and oxygen atoms in total. The summed E-state index contributed by atoms with van der Waals surface area (Å²) < 4.78 is 17.1. The van der Waals surface area contributed by atoms with Crippen LogP contribution in [-0.2, 0) is 6.42 Å². The van der Waals surface area contributed by atoms with Crippen molar-refractivity contribution < 1.29 is 4.39 Å². The third kappa shape index (κ3) is 3.99. The maximum atomic E-state index is 12.8. The van der Waals surface area contributed by atoms with Crippen molar-refractivity contribution in [1.29, 1.82) is 0 Å². The second-order valence-electron chi connectivity index (χ2n) is 5.00. The molecule has 1 heterocycles. The van der Waals surface area contributed by atoms with Crippen LogP contribution >= 0.6 is 11.5 Å². The monoisotopic (exact) mass is 279 g/mol. The van der Waals surface area contributed by atoms with Crippen LogP contribution in [0.1, 0.15) is 32.2 Å². The van der Waals surface area contributed by atoms with Gasteiger partial charge in [-0.3, -0.25) is 0 Å². The minimum absolute atomic E-state index is 0.219. The largest absolute Gasteiger partial charge is 0.358 e. The molecular formula is C14H18FN3S. The van der Waals surface area contributed by atoms with Gasteiger partial charge in [-0.1, -0.05) is 26.0 Å². The van der Waals surface area contributed by atoms with Gasteiger partial charge in [-0.15, -0.1) is 0 Å². The summed E-state index contributed by atoms with van der Waals surface area (Å²) in [5.74, 6) is 1.10. The highest BCUT2D eigenvalue weighted by Crippen LogP contribution is 2.17. The lowest BCUT2D eigenvalue weighted by atomic mass is 10.1. The van der Waals surface area contributed by atoms with Crippen molar-refractivity contribution in [3.05, 3.63) is 41.5 Å². The van der Waals surface area contributed by atoms with Crippen molar-refractivity contribution in [3.63, 3.8) is 0 Å². The van der Waals surface area contributed by atoms with Crippen molar-refractivity contribution in [1.82, 2.24) is 9.36 Å². The zero-order valence-corrected chi connectivity index (χ0v) is 12.2. The van der Waals surface area contributed by atoms with Crippen LogP contribution in [0.4, 0.5) is 9.52 Å². The van der Waals surface area contributed by atoms with E-state index in [1.54, 1.807) is 12.1 Å². The van der Waals surface area contributed by atoms with Gasteiger partial charge in [0.1, 0.15) is 11.6 Å². The number of benzene rings is 1. The van der Waals surface area contributed by atoms with Crippen LogP contribution in [-0.4, -0.2) is 15.4 Å². The quantitative estimate of drug-likeness (QED) is 0.906. The second kappa shape index (κ2) is 6.10. The van der Waals surface area contributed by atoms with Gasteiger partial charge in [0.25, 0.3) is 0 Å². The molecule has 1 aromatic carbocycles. The first-order valence-corrected chi connectivity index (χ1v) is 7.15. The first-order valence-electron chi connectivity index (χ1n) is 6.38. The molecule has 0 aliphatic heterocycles. The summed E-state index contributed by atoms with van der Waals surface area (Å²) in [6.07, 6.45) is 0.633. The van der Waals surface area contributed by atoms with Crippen LogP contribution in [0.2, 0.25) is 0 Å². The Bertz CT molecular complexity index is 522. The summed E-state index contributed by atoms with van der Waals surface area (Å²) in [7, 11) is 0. The Hall–Kier alpha value is -1.49. The number of hydrogen-bond acceptors (Lipinski definition) is 4. The fraction of sp³-hybridized carbons (Fsp3) is 0.429. The topological polar surface area (TPSA) is 37.8 Å². The van der Waals surface area contributed by atoms with Crippen molar-refractivity contribution in [2.75, 3.05) is 5.32 Å². The average Bonchev–Trinajstić information content (AvgIpc) is 2.79. The molecule has 1 N–H and O–H groups in total. The standard InChI is InChI=1S/C14H18FN3S/c1-9(2)10(3)16-14-17-13(18-19-14)8-11-4-6-12(15)7-5-11/h4-7,9-10H,8H2,1-3H3,(H,16,17,18)/t10-/m1/s1. The zero-order valence-electron chi connectivity index (χ0n) is 11.4. The summed E-state index contributed by atoms with van der Waals surface area (Å²) in [6, 6.07) is 6.82. The number of hydrogen-bond donors (Lipinski definition) is 1. The van der Waals surface area contributed by atoms with Crippen LogP contribution in [0.3, 0.4) is 0 Å². The van der Waals surface area contributed by atoms with E-state index in [1.807, 2.05) is 0 Å². The number of aromatic nitrogens is 2. The Balaban J connectivity index is 1.99. The van der Waals surface area contributed by atoms with E-state index in [0.717, 1.165) is 16.5 Å². The molecule has 102 valence electrons. The molecule has 0 unspecified atom stereocenters. The van der Waals surface area contributed by atoms with Gasteiger partial charge in [0, 0.05) is 24.0 Å². The predicted molar refractivity (Wildman–Crippen MR) is 77.0 cm³/mol. The maximum Gasteiger partial charge on any atom is 0.202 e. The number of nitrogens with one attached hydrogen (secondary N) is 1. The molecule has 0 aliphatic carbocycles. The number of anilines is 1. The van der Waals surface area contributed by atoms with E-state index in [-0.39, 0.29) is 5.82 Å². The van der Waals surface area contributed by atoms with Gasteiger partial charge in [0.2, 0.25) is 5.13 Å². The third-order valence-electron chi connectivity index (χ3n) is 3.09. The molecule has 0 spiro atoms. The van der Waals surface area contributed by atoms with E-state index >= 15 is 0 Å². The summed E-state index contributed by atoms with van der Waals surface area (Å²) in [4.78, 5) is 4.45. The molecule has 0 bridgehead atoms. The van der Waals surface area contributed by atoms with Crippen molar-refractivity contribution >= 4 is 16.7 Å². The fourth-order valence-electron chi connectivity index (χ4n) is 1.53. The number of halogens is 1. The van der Waals surface area contributed by atoms with Gasteiger partial charge in [-0.2, -0.15) is 4.37 Å². The van der Waals surface area contributed by atoms with Crippen molar-refractivity contribution in [2.24, 2.45) is 5.92 Å². The summed E-state index contributed by atoms with van der Waals surface area (Å²) in [6.45, 7) is 6.46. The second-order valence-corrected chi connectivity index (χ2v) is 5.75. The van der Waals surface area contributed by atoms with Crippen LogP contribution in [0, 0.1) is 11.7 Å². The minimum atomic E-state index is -0.219. The molecule has 0 saturated carbocycles. The first-order chi connectivity index (χ1) is 9.04. The van der Waals surface area contributed by atoms with Crippen LogP contribution in [0.15, 0.2) is 24.3 Å². The van der Waals surface area contributed by atoms with Crippen LogP contribution in [0.25, 0.3) is 0 Å². The predicted octanol–water partition coefficient (Wildman–Crippen LogP) is 3.72. The lowest BCUT2D eigenvalue weighted by Gasteiger charge is -2.15. The van der Waals surface area contributed by atoms with Gasteiger partial charge in [0.05, 0.1) is 0 Å². The molecule has 5 heteroatoms. The summed E-state index contributed by atoms with van der Waals surface area (Å²) in [5.41, 5.74) is 1.02. The summed E-state index contributed by atoms with van der Waals surface area (Å²) in [5, 5.41) is 4.19. The smallest absolute Gasteiger partial charge is 0.202 e. The lowest BCUT2D eigenvalue weighted by Crippen LogP contribution is -2.21. The molecule has 2 aromatic rings. The highest BCUT2D eigenvalue weighted by atomic mass is 32.1. The van der Waals surface area contributed by atoms with E-state index in [2.05, 4.69) is 35.4 Å². The van der Waals surface area contributed by atoms with E-state index < -0.39 is 0 Å². The van der Waals surface area contributed by atoms with Gasteiger partial charge < -0.3 is 5.32 Å². The van der Waals surface area contributed by atoms with E-state index in [0.29, 0.717) is 18.4 Å². The molecule has 0 amide bonds. The van der Waals surface area contributed by atoms with Crippen molar-refractivity contribution in [2.45, 2.75) is 33.2 Å². The first kappa shape index (κ1) is 13.9. The van der Waals surface area contributed by atoms with Gasteiger partial charge >= 0.3 is 0 Å². The molecule has 0 radical (unpaired) electrons. The van der Waals surface area contributed by atoms with E-state index in [9.17, 15) is 4.39 Å². The molecule has 1 aromatic heterocycles. The lowest BCUT2D eigenvalue weighted by molar-refractivity contribution is 0.559. The molecule has 0 fully saturated rings. The highest BCUT2D eigenvalue weighted by Gasteiger charge is 2.10. The van der Waals surface area contributed by atoms with Crippen LogP contribution < -0.4 is 5.32 Å².